The Balaban J connectivity index is 2.62. The summed E-state index contributed by atoms with van der Waals surface area (Å²) in [6, 6.07) is 0. The second-order valence-corrected chi connectivity index (χ2v) is 0.554. The predicted octanol–water partition coefficient (Wildman–Crippen LogP) is -0.892. The number of nitrogens with two attached hydrogens (primary N) is 1. The Morgan fingerprint density at radius 3 is 2.60 bits per heavy atom. The van der Waals surface area contributed by atoms with Crippen molar-refractivity contribution in [3.05, 3.63) is 0 Å². The van der Waals surface area contributed by atoms with Crippen molar-refractivity contribution >= 4 is 6.34 Å². The molecule has 0 aromatic rings. The second kappa shape index (κ2) is 3.43. The fraction of sp³-hybridized carbons (Fsp3) is 0.500. The number of nitrogens with zero attached hydrogens (tertiary/aromatic N) is 1. The zero-order valence-corrected chi connectivity index (χ0v) is 3.10. The average Bonchev–Trinajstić information content (AvgIpc) is 1.41. The molecule has 3 heteroatoms. The van der Waals surface area contributed by atoms with Gasteiger partial charge in [-0.25, -0.2) is 5.84 Å². The van der Waals surface area contributed by atoms with E-state index in [0.29, 0.717) is 0 Å². The lowest BCUT2D eigenvalue weighted by atomic mass is 11.2. The molecule has 0 unspecified atom stereocenters. The van der Waals surface area contributed by atoms with Crippen LogP contribution in [0.25, 0.3) is 0 Å². The summed E-state index contributed by atoms with van der Waals surface area (Å²) >= 11 is 0. The minimum absolute atomic E-state index is 1.40. The normalized spacial score (nSPS) is 9.20. The smallest absolute Gasteiger partial charge is 0.0960 e. The van der Waals surface area contributed by atoms with E-state index in [2.05, 4.69) is 10.4 Å². The van der Waals surface area contributed by atoms with Crippen LogP contribution in [-0.2, 0) is 0 Å². The van der Waals surface area contributed by atoms with Gasteiger partial charge in [0.25, 0.3) is 0 Å². The van der Waals surface area contributed by atoms with Crippen molar-refractivity contribution in [1.29, 1.82) is 0 Å². The van der Waals surface area contributed by atoms with E-state index in [1.165, 1.54) is 6.34 Å². The van der Waals surface area contributed by atoms with E-state index in [-0.39, 0.29) is 0 Å². The molecule has 3 nitrogen and oxygen atoms in total. The van der Waals surface area contributed by atoms with Crippen molar-refractivity contribution in [3.8, 4) is 0 Å². The van der Waals surface area contributed by atoms with Gasteiger partial charge in [-0.2, -0.15) is 0 Å². The average molecular weight is 73.1 g/mol. The standard InChI is InChI=1S/C2H7N3/c1-4-2-5-3/h2H,3H2,1H3,(H,4,5). The molecule has 0 saturated heterocycles. The molecule has 0 bridgehead atoms. The van der Waals surface area contributed by atoms with Crippen LogP contribution >= 0.6 is 0 Å². The van der Waals surface area contributed by atoms with Crippen LogP contribution in [0, 0.1) is 0 Å². The van der Waals surface area contributed by atoms with Crippen LogP contribution in [0.3, 0.4) is 0 Å². The first-order chi connectivity index (χ1) is 2.41. The van der Waals surface area contributed by atoms with Gasteiger partial charge in [-0.1, -0.05) is 0 Å². The van der Waals surface area contributed by atoms with Crippen molar-refractivity contribution in [1.82, 2.24) is 5.43 Å². The van der Waals surface area contributed by atoms with Crippen LogP contribution in [-0.4, -0.2) is 13.4 Å². The maximum absolute atomic E-state index is 4.74. The summed E-state index contributed by atoms with van der Waals surface area (Å²) in [5.41, 5.74) is 2.23. The van der Waals surface area contributed by atoms with E-state index in [1.807, 2.05) is 0 Å². The highest BCUT2D eigenvalue weighted by Gasteiger charge is 1.45. The van der Waals surface area contributed by atoms with Crippen molar-refractivity contribution in [2.45, 2.75) is 0 Å². The molecule has 0 aromatic carbocycles. The summed E-state index contributed by atoms with van der Waals surface area (Å²) in [5, 5.41) is 0. The molecule has 0 saturated carbocycles. The Labute approximate surface area is 30.9 Å². The van der Waals surface area contributed by atoms with E-state index in [4.69, 9.17) is 5.84 Å². The molecule has 0 aliphatic heterocycles. The quantitative estimate of drug-likeness (QED) is 0.183. The number of hydrazine groups is 1. The molecule has 0 fully saturated rings. The van der Waals surface area contributed by atoms with Crippen LogP contribution < -0.4 is 11.3 Å². The highest BCUT2D eigenvalue weighted by molar-refractivity contribution is 5.52. The fourth-order valence-electron chi connectivity index (χ4n) is 0.0745. The maximum atomic E-state index is 4.74. The zero-order valence-electron chi connectivity index (χ0n) is 3.10. The summed E-state index contributed by atoms with van der Waals surface area (Å²) in [5.74, 6) is 4.74. The monoisotopic (exact) mass is 73.1 g/mol. The summed E-state index contributed by atoms with van der Waals surface area (Å²) in [6.45, 7) is 0. The van der Waals surface area contributed by atoms with Crippen LogP contribution in [0.2, 0.25) is 0 Å². The van der Waals surface area contributed by atoms with Gasteiger partial charge in [0.15, 0.2) is 0 Å². The SMILES string of the molecule is CN=CNN. The molecule has 5 heavy (non-hydrogen) atoms. The minimum Gasteiger partial charge on any atom is -0.315 e. The number of rotatable bonds is 1. The molecule has 0 radical (unpaired) electrons. The predicted molar refractivity (Wildman–Crippen MR) is 21.7 cm³/mol. The molecular weight excluding hydrogens is 66.0 g/mol. The van der Waals surface area contributed by atoms with E-state index >= 15 is 0 Å². The molecule has 0 amide bonds. The summed E-state index contributed by atoms with van der Waals surface area (Å²) < 4.78 is 0. The Morgan fingerprint density at radius 2 is 2.60 bits per heavy atom. The molecule has 0 atom stereocenters. The molecule has 0 aliphatic carbocycles. The third-order valence-electron chi connectivity index (χ3n) is 0.204. The number of hydrogen-bond acceptors (Lipinski definition) is 2. The Kier molecular flexibility index (Phi) is 3.04. The van der Waals surface area contributed by atoms with Crippen molar-refractivity contribution in [2.75, 3.05) is 7.05 Å². The van der Waals surface area contributed by atoms with Gasteiger partial charge in [0, 0.05) is 7.05 Å². The van der Waals surface area contributed by atoms with Crippen LogP contribution in [0.4, 0.5) is 0 Å². The van der Waals surface area contributed by atoms with Gasteiger partial charge in [-0.3, -0.25) is 4.99 Å². The Morgan fingerprint density at radius 1 is 2.00 bits per heavy atom. The lowest BCUT2D eigenvalue weighted by Gasteiger charge is -1.75. The summed E-state index contributed by atoms with van der Waals surface area (Å²) in [4.78, 5) is 3.49. The van der Waals surface area contributed by atoms with Crippen LogP contribution in [0.15, 0.2) is 4.99 Å². The third kappa shape index (κ3) is 3.43. The van der Waals surface area contributed by atoms with E-state index in [9.17, 15) is 0 Å². The summed E-state index contributed by atoms with van der Waals surface area (Å²) in [7, 11) is 1.64. The molecule has 0 aromatic heterocycles. The molecule has 30 valence electrons. The Hall–Kier alpha value is -0.570. The van der Waals surface area contributed by atoms with Gasteiger partial charge < -0.3 is 5.43 Å². The lowest BCUT2D eigenvalue weighted by Crippen LogP contribution is -2.18. The maximum Gasteiger partial charge on any atom is 0.0960 e. The topological polar surface area (TPSA) is 50.4 Å². The first-order valence-electron chi connectivity index (χ1n) is 1.28. The van der Waals surface area contributed by atoms with Crippen molar-refractivity contribution in [2.24, 2.45) is 10.8 Å². The van der Waals surface area contributed by atoms with Crippen molar-refractivity contribution < 1.29 is 0 Å². The van der Waals surface area contributed by atoms with E-state index in [0.717, 1.165) is 0 Å². The van der Waals surface area contributed by atoms with Gasteiger partial charge in [-0.05, 0) is 0 Å². The van der Waals surface area contributed by atoms with E-state index in [1.54, 1.807) is 7.05 Å². The second-order valence-electron chi connectivity index (χ2n) is 0.554. The molecular formula is C2H7N3. The first kappa shape index (κ1) is 4.43. The van der Waals surface area contributed by atoms with Gasteiger partial charge in [0.1, 0.15) is 0 Å². The first-order valence-corrected chi connectivity index (χ1v) is 1.28. The van der Waals surface area contributed by atoms with Crippen LogP contribution in [0.5, 0.6) is 0 Å². The van der Waals surface area contributed by atoms with E-state index < -0.39 is 0 Å². The van der Waals surface area contributed by atoms with Crippen LogP contribution in [0.1, 0.15) is 0 Å². The molecule has 0 rings (SSSR count). The lowest BCUT2D eigenvalue weighted by molar-refractivity contribution is 1.05. The zero-order chi connectivity index (χ0) is 4.12. The molecule has 3 N–H and O–H groups in total. The van der Waals surface area contributed by atoms with Gasteiger partial charge in [0.05, 0.1) is 6.34 Å². The number of aliphatic imine (C=N–C) groups is 1. The fourth-order valence-corrected chi connectivity index (χ4v) is 0.0745. The van der Waals surface area contributed by atoms with Gasteiger partial charge >= 0.3 is 0 Å². The number of nitrogens with one attached hydrogen (secondary N) is 1. The molecule has 0 heterocycles. The Bertz CT molecular complexity index is 31.9. The third-order valence-corrected chi connectivity index (χ3v) is 0.204. The highest BCUT2D eigenvalue weighted by Crippen LogP contribution is 1.34. The van der Waals surface area contributed by atoms with Gasteiger partial charge in [-0.15, -0.1) is 0 Å². The number of hydrogen-bond donors (Lipinski definition) is 2. The van der Waals surface area contributed by atoms with Gasteiger partial charge in [0.2, 0.25) is 0 Å². The minimum atomic E-state index is 1.40. The molecule has 0 aliphatic rings. The van der Waals surface area contributed by atoms with Crippen molar-refractivity contribution in [3.63, 3.8) is 0 Å². The summed E-state index contributed by atoms with van der Waals surface area (Å²) in [6.07, 6.45) is 1.40. The highest BCUT2D eigenvalue weighted by atomic mass is 15.2. The molecule has 0 spiro atoms. The largest absolute Gasteiger partial charge is 0.315 e.